The van der Waals surface area contributed by atoms with Crippen molar-refractivity contribution in [3.63, 3.8) is 0 Å². The van der Waals surface area contributed by atoms with Gasteiger partial charge in [-0.15, -0.1) is 0 Å². The highest BCUT2D eigenvalue weighted by molar-refractivity contribution is 5.58. The van der Waals surface area contributed by atoms with Crippen LogP contribution in [0.3, 0.4) is 0 Å². The van der Waals surface area contributed by atoms with Crippen molar-refractivity contribution in [2.24, 2.45) is 0 Å². The minimum Gasteiger partial charge on any atom is -0.377 e. The predicted molar refractivity (Wildman–Crippen MR) is 89.9 cm³/mol. The van der Waals surface area contributed by atoms with Crippen molar-refractivity contribution >= 4 is 5.82 Å². The van der Waals surface area contributed by atoms with Crippen molar-refractivity contribution in [2.45, 2.75) is 25.9 Å². The topological polar surface area (TPSA) is 67.5 Å². The zero-order chi connectivity index (χ0) is 16.4. The summed E-state index contributed by atoms with van der Waals surface area (Å²) in [5.41, 5.74) is 0.919. The van der Waals surface area contributed by atoms with Crippen LogP contribution in [0.2, 0.25) is 0 Å². The lowest BCUT2D eigenvalue weighted by Gasteiger charge is -2.36. The van der Waals surface area contributed by atoms with Gasteiger partial charge in [-0.25, -0.2) is 4.98 Å². The summed E-state index contributed by atoms with van der Waals surface area (Å²) in [5.74, 6) is 2.17. The van der Waals surface area contributed by atoms with Crippen molar-refractivity contribution < 1.29 is 9.26 Å². The van der Waals surface area contributed by atoms with E-state index in [0.717, 1.165) is 50.7 Å². The minimum absolute atomic E-state index is 0.429. The Morgan fingerprint density at radius 2 is 2.12 bits per heavy atom. The molecule has 0 spiro atoms. The fraction of sp³-hybridized carbons (Fsp3) is 0.588. The number of nitrogens with zero attached hydrogens (tertiary/aromatic N) is 5. The summed E-state index contributed by atoms with van der Waals surface area (Å²) in [5, 5.41) is 3.86. The second kappa shape index (κ2) is 6.86. The number of anilines is 1. The maximum atomic E-state index is 5.74. The van der Waals surface area contributed by atoms with Gasteiger partial charge in [0.1, 0.15) is 5.82 Å². The van der Waals surface area contributed by atoms with E-state index in [4.69, 9.17) is 9.26 Å². The SMILES string of the molecule is Cc1noc(-c2ccnc(N3CCN(C[C@@H]4CCCO4)CC3)c2)n1. The van der Waals surface area contributed by atoms with Crippen molar-refractivity contribution in [3.8, 4) is 11.5 Å². The monoisotopic (exact) mass is 329 g/mol. The summed E-state index contributed by atoms with van der Waals surface area (Å²) in [6.07, 6.45) is 4.64. The van der Waals surface area contributed by atoms with Crippen molar-refractivity contribution in [1.82, 2.24) is 20.0 Å². The van der Waals surface area contributed by atoms with Gasteiger partial charge in [0.15, 0.2) is 5.82 Å². The van der Waals surface area contributed by atoms with Crippen LogP contribution in [-0.2, 0) is 4.74 Å². The van der Waals surface area contributed by atoms with E-state index in [0.29, 0.717) is 17.8 Å². The minimum atomic E-state index is 0.429. The number of hydrogen-bond donors (Lipinski definition) is 0. The summed E-state index contributed by atoms with van der Waals surface area (Å²) < 4.78 is 11.0. The lowest BCUT2D eigenvalue weighted by atomic mass is 10.2. The van der Waals surface area contributed by atoms with Gasteiger partial charge in [-0.05, 0) is 31.9 Å². The predicted octanol–water partition coefficient (Wildman–Crippen LogP) is 1.74. The molecule has 2 fully saturated rings. The zero-order valence-electron chi connectivity index (χ0n) is 14.0. The molecular weight excluding hydrogens is 306 g/mol. The van der Waals surface area contributed by atoms with Gasteiger partial charge in [-0.2, -0.15) is 4.98 Å². The second-order valence-electron chi connectivity index (χ2n) is 6.47. The summed E-state index contributed by atoms with van der Waals surface area (Å²) in [6, 6.07) is 3.94. The second-order valence-corrected chi connectivity index (χ2v) is 6.47. The van der Waals surface area contributed by atoms with Crippen LogP contribution in [0.5, 0.6) is 0 Å². The Labute approximate surface area is 141 Å². The molecule has 4 rings (SSSR count). The van der Waals surface area contributed by atoms with Gasteiger partial charge >= 0.3 is 0 Å². The Kier molecular flexibility index (Phi) is 4.44. The standard InChI is InChI=1S/C17H23N5O2/c1-13-19-17(24-20-13)14-4-5-18-16(11-14)22-8-6-21(7-9-22)12-15-3-2-10-23-15/h4-5,11,15H,2-3,6-10,12H2,1H3/t15-/m0/s1. The van der Waals surface area contributed by atoms with Crippen LogP contribution in [-0.4, -0.2) is 65.5 Å². The first-order chi connectivity index (χ1) is 11.8. The van der Waals surface area contributed by atoms with Crippen LogP contribution in [0.15, 0.2) is 22.9 Å². The van der Waals surface area contributed by atoms with E-state index in [-0.39, 0.29) is 0 Å². The summed E-state index contributed by atoms with van der Waals surface area (Å²) in [6.45, 7) is 7.86. The molecule has 128 valence electrons. The third-order valence-corrected chi connectivity index (χ3v) is 4.70. The van der Waals surface area contributed by atoms with Crippen LogP contribution < -0.4 is 4.90 Å². The van der Waals surface area contributed by atoms with E-state index < -0.39 is 0 Å². The molecule has 0 bridgehead atoms. The molecule has 0 unspecified atom stereocenters. The molecule has 24 heavy (non-hydrogen) atoms. The number of pyridine rings is 1. The maximum Gasteiger partial charge on any atom is 0.258 e. The molecule has 7 nitrogen and oxygen atoms in total. The van der Waals surface area contributed by atoms with Gasteiger partial charge in [0.2, 0.25) is 0 Å². The number of rotatable bonds is 4. The van der Waals surface area contributed by atoms with E-state index >= 15 is 0 Å². The smallest absolute Gasteiger partial charge is 0.258 e. The molecule has 2 aliphatic rings. The largest absolute Gasteiger partial charge is 0.377 e. The average Bonchev–Trinajstić information content (AvgIpc) is 3.27. The van der Waals surface area contributed by atoms with Crippen LogP contribution in [0.25, 0.3) is 11.5 Å². The lowest BCUT2D eigenvalue weighted by molar-refractivity contribution is 0.0712. The van der Waals surface area contributed by atoms with Crippen LogP contribution in [0, 0.1) is 6.92 Å². The molecule has 1 atom stereocenters. The molecule has 0 radical (unpaired) electrons. The van der Waals surface area contributed by atoms with E-state index in [1.165, 1.54) is 12.8 Å². The number of piperazine rings is 1. The third-order valence-electron chi connectivity index (χ3n) is 4.70. The fourth-order valence-corrected chi connectivity index (χ4v) is 3.37. The highest BCUT2D eigenvalue weighted by Crippen LogP contribution is 2.22. The number of ether oxygens (including phenoxy) is 1. The molecule has 2 saturated heterocycles. The van der Waals surface area contributed by atoms with E-state index in [9.17, 15) is 0 Å². The third kappa shape index (κ3) is 3.42. The van der Waals surface area contributed by atoms with Crippen molar-refractivity contribution in [2.75, 3.05) is 44.2 Å². The normalized spacial score (nSPS) is 22.2. The first-order valence-corrected chi connectivity index (χ1v) is 8.63. The summed E-state index contributed by atoms with van der Waals surface area (Å²) in [4.78, 5) is 13.6. The molecule has 0 aromatic carbocycles. The number of hydrogen-bond acceptors (Lipinski definition) is 7. The van der Waals surface area contributed by atoms with Gasteiger partial charge in [-0.3, -0.25) is 4.90 Å². The molecule has 2 aromatic rings. The summed E-state index contributed by atoms with van der Waals surface area (Å²) >= 11 is 0. The van der Waals surface area contributed by atoms with Crippen LogP contribution >= 0.6 is 0 Å². The van der Waals surface area contributed by atoms with E-state index in [1.54, 1.807) is 0 Å². The summed E-state index contributed by atoms with van der Waals surface area (Å²) in [7, 11) is 0. The molecule has 4 heterocycles. The molecule has 0 amide bonds. The Hall–Kier alpha value is -1.99. The Bertz CT molecular complexity index is 675. The molecule has 7 heteroatoms. The number of aryl methyl sites for hydroxylation is 1. The first-order valence-electron chi connectivity index (χ1n) is 8.63. The van der Waals surface area contributed by atoms with Gasteiger partial charge in [0.05, 0.1) is 6.10 Å². The van der Waals surface area contributed by atoms with Crippen LogP contribution in [0.4, 0.5) is 5.82 Å². The Balaban J connectivity index is 1.38. The lowest BCUT2D eigenvalue weighted by Crippen LogP contribution is -2.48. The first kappa shape index (κ1) is 15.5. The van der Waals surface area contributed by atoms with Gasteiger partial charge in [0.25, 0.3) is 5.89 Å². The Morgan fingerprint density at radius 1 is 1.25 bits per heavy atom. The molecule has 0 N–H and O–H groups in total. The van der Waals surface area contributed by atoms with Crippen molar-refractivity contribution in [1.29, 1.82) is 0 Å². The fourth-order valence-electron chi connectivity index (χ4n) is 3.37. The molecule has 0 aliphatic carbocycles. The molecule has 2 aliphatic heterocycles. The highest BCUT2D eigenvalue weighted by atomic mass is 16.5. The van der Waals surface area contributed by atoms with E-state index in [2.05, 4.69) is 24.9 Å². The number of aromatic nitrogens is 3. The average molecular weight is 329 g/mol. The van der Waals surface area contributed by atoms with Gasteiger partial charge < -0.3 is 14.2 Å². The van der Waals surface area contributed by atoms with Gasteiger partial charge in [0, 0.05) is 51.1 Å². The Morgan fingerprint density at radius 3 is 2.83 bits per heavy atom. The molecule has 0 saturated carbocycles. The molecule has 2 aromatic heterocycles. The molecular formula is C17H23N5O2. The van der Waals surface area contributed by atoms with Crippen LogP contribution in [0.1, 0.15) is 18.7 Å². The quantitative estimate of drug-likeness (QED) is 0.846. The van der Waals surface area contributed by atoms with E-state index in [1.807, 2.05) is 25.3 Å². The van der Waals surface area contributed by atoms with Crippen molar-refractivity contribution in [3.05, 3.63) is 24.2 Å². The zero-order valence-corrected chi connectivity index (χ0v) is 14.0. The maximum absolute atomic E-state index is 5.74. The van der Waals surface area contributed by atoms with Gasteiger partial charge in [-0.1, -0.05) is 5.16 Å². The highest BCUT2D eigenvalue weighted by Gasteiger charge is 2.23.